The molecular weight excluding hydrogens is 528 g/mol. The lowest BCUT2D eigenvalue weighted by molar-refractivity contribution is -0.165. The molecule has 3 aliphatic rings. The molecule has 41 heavy (non-hydrogen) atoms. The quantitative estimate of drug-likeness (QED) is 0.223. The number of ether oxygens (including phenoxy) is 1. The van der Waals surface area contributed by atoms with Crippen LogP contribution in [0.1, 0.15) is 67.6 Å². The average molecular weight is 567 g/mol. The van der Waals surface area contributed by atoms with Gasteiger partial charge in [-0.25, -0.2) is 19.4 Å². The van der Waals surface area contributed by atoms with Crippen LogP contribution in [-0.4, -0.2) is 79.6 Å². The van der Waals surface area contributed by atoms with Crippen molar-refractivity contribution in [2.45, 2.75) is 76.0 Å². The normalized spacial score (nSPS) is 24.3. The Balaban J connectivity index is 0.000000334. The minimum atomic E-state index is -2.27. The van der Waals surface area contributed by atoms with Crippen LogP contribution in [-0.2, 0) is 21.4 Å². The number of hydrogen-bond donors (Lipinski definition) is 4. The summed E-state index contributed by atoms with van der Waals surface area (Å²) in [5.41, 5.74) is 4.88. The highest BCUT2D eigenvalue weighted by Gasteiger charge is 2.53. The van der Waals surface area contributed by atoms with Crippen molar-refractivity contribution in [1.82, 2.24) is 9.88 Å². The summed E-state index contributed by atoms with van der Waals surface area (Å²) in [6.07, 6.45) is 6.99. The highest BCUT2D eigenvalue weighted by Crippen LogP contribution is 2.56. The van der Waals surface area contributed by atoms with Crippen LogP contribution in [0.15, 0.2) is 54.2 Å². The summed E-state index contributed by atoms with van der Waals surface area (Å²) in [6.45, 7) is 6.61. The van der Waals surface area contributed by atoms with E-state index in [1.807, 2.05) is 12.1 Å². The summed E-state index contributed by atoms with van der Waals surface area (Å²) >= 11 is 0. The van der Waals surface area contributed by atoms with Gasteiger partial charge in [0, 0.05) is 24.2 Å². The number of aliphatic carboxylic acids is 2. The first kappa shape index (κ1) is 30.4. The van der Waals surface area contributed by atoms with Crippen molar-refractivity contribution in [2.75, 3.05) is 13.1 Å². The van der Waals surface area contributed by atoms with Crippen molar-refractivity contribution >= 4 is 17.9 Å². The third-order valence-corrected chi connectivity index (χ3v) is 8.55. The molecule has 4 N–H and O–H groups in total. The topological polar surface area (TPSA) is 157 Å². The van der Waals surface area contributed by atoms with Gasteiger partial charge in [-0.3, -0.25) is 4.90 Å². The molecule has 1 saturated carbocycles. The van der Waals surface area contributed by atoms with Gasteiger partial charge in [0.05, 0.1) is 0 Å². The van der Waals surface area contributed by atoms with E-state index in [1.165, 1.54) is 48.8 Å². The van der Waals surface area contributed by atoms with Gasteiger partial charge in [0.15, 0.2) is 12.2 Å². The second kappa shape index (κ2) is 12.9. The standard InChI is InChI=1S/C27H32N2O2.C4H6O6/c1-19(2)11-15-29-16-13-27-12-5-3-7-22(27)25(29)17-20-9-10-21(18-23(20)27)31-26(30)24-8-4-6-14-28-24;5-1(3(7)8)2(6)4(9)10/h4,6,8-11,14,18,22,25H,3,5,7,12-13,15-17H2,1-2H3;1-2,5-6H,(H,7,8)(H,9,10)/t22-,25+,27+;1-,2-/m01/s1. The fourth-order valence-corrected chi connectivity index (χ4v) is 6.57. The fourth-order valence-electron chi connectivity index (χ4n) is 6.57. The molecule has 10 nitrogen and oxygen atoms in total. The third kappa shape index (κ3) is 6.66. The molecule has 5 atom stereocenters. The number of carbonyl (C=O) groups is 3. The van der Waals surface area contributed by atoms with E-state index in [2.05, 4.69) is 41.9 Å². The molecule has 0 unspecified atom stereocenters. The molecule has 2 fully saturated rings. The first-order valence-electron chi connectivity index (χ1n) is 14.0. The van der Waals surface area contributed by atoms with Crippen LogP contribution < -0.4 is 4.74 Å². The number of aromatic nitrogens is 1. The zero-order valence-electron chi connectivity index (χ0n) is 23.4. The lowest BCUT2D eigenvalue weighted by Gasteiger charge is -2.59. The van der Waals surface area contributed by atoms with Crippen molar-refractivity contribution in [3.05, 3.63) is 71.1 Å². The Hall–Kier alpha value is -3.60. The summed E-state index contributed by atoms with van der Waals surface area (Å²) in [7, 11) is 0. The molecule has 2 bridgehead atoms. The Labute approximate surface area is 239 Å². The van der Waals surface area contributed by atoms with Crippen LogP contribution in [0.25, 0.3) is 0 Å². The second-order valence-electron chi connectivity index (χ2n) is 11.3. The van der Waals surface area contributed by atoms with E-state index in [0.717, 1.165) is 19.5 Å². The fraction of sp³-hybridized carbons (Fsp3) is 0.484. The van der Waals surface area contributed by atoms with E-state index in [1.54, 1.807) is 18.3 Å². The Morgan fingerprint density at radius 2 is 1.80 bits per heavy atom. The second-order valence-corrected chi connectivity index (χ2v) is 11.3. The van der Waals surface area contributed by atoms with Gasteiger partial charge in [-0.1, -0.05) is 36.6 Å². The molecular formula is C31H38N2O8. The molecule has 1 saturated heterocycles. The molecule has 0 radical (unpaired) electrons. The number of nitrogens with zero attached hydrogens (tertiary/aromatic N) is 2. The van der Waals surface area contributed by atoms with E-state index in [4.69, 9.17) is 25.2 Å². The number of fused-ring (bicyclic) bond motifs is 1. The molecule has 10 heteroatoms. The zero-order chi connectivity index (χ0) is 29.7. The number of carboxylic acid groups (broad SMARTS) is 2. The number of aliphatic hydroxyl groups excluding tert-OH is 2. The summed E-state index contributed by atoms with van der Waals surface area (Å²) in [5.74, 6) is -2.57. The van der Waals surface area contributed by atoms with E-state index in [9.17, 15) is 14.4 Å². The van der Waals surface area contributed by atoms with Gasteiger partial charge in [-0.15, -0.1) is 0 Å². The van der Waals surface area contributed by atoms with Crippen LogP contribution in [0.4, 0.5) is 0 Å². The molecule has 2 heterocycles. The van der Waals surface area contributed by atoms with Gasteiger partial charge in [-0.2, -0.15) is 0 Å². The van der Waals surface area contributed by atoms with Crippen LogP contribution in [0.3, 0.4) is 0 Å². The van der Waals surface area contributed by atoms with Crippen molar-refractivity contribution in [3.63, 3.8) is 0 Å². The summed E-state index contributed by atoms with van der Waals surface area (Å²) in [5, 5.41) is 32.5. The van der Waals surface area contributed by atoms with Crippen LogP contribution in [0.2, 0.25) is 0 Å². The Morgan fingerprint density at radius 3 is 2.44 bits per heavy atom. The summed E-state index contributed by atoms with van der Waals surface area (Å²) in [6, 6.07) is 12.3. The van der Waals surface area contributed by atoms with Crippen LogP contribution >= 0.6 is 0 Å². The Morgan fingerprint density at radius 1 is 1.07 bits per heavy atom. The number of carbonyl (C=O) groups excluding carboxylic acids is 1. The number of carboxylic acids is 2. The van der Waals surface area contributed by atoms with Gasteiger partial charge < -0.3 is 25.2 Å². The number of benzene rings is 1. The lowest BCUT2D eigenvalue weighted by atomic mass is 9.52. The maximum atomic E-state index is 12.6. The van der Waals surface area contributed by atoms with Crippen molar-refractivity contribution < 1.29 is 39.5 Å². The van der Waals surface area contributed by atoms with Gasteiger partial charge >= 0.3 is 17.9 Å². The maximum Gasteiger partial charge on any atom is 0.362 e. The number of rotatable bonds is 7. The first-order chi connectivity index (χ1) is 19.5. The van der Waals surface area contributed by atoms with E-state index in [-0.39, 0.29) is 11.4 Å². The predicted octanol–water partition coefficient (Wildman–Crippen LogP) is 3.20. The molecule has 0 amide bonds. The van der Waals surface area contributed by atoms with Gasteiger partial charge in [0.25, 0.3) is 0 Å². The molecule has 1 aromatic heterocycles. The minimum absolute atomic E-state index is 0.241. The predicted molar refractivity (Wildman–Crippen MR) is 150 cm³/mol. The Bertz CT molecular complexity index is 1270. The van der Waals surface area contributed by atoms with E-state index >= 15 is 0 Å². The van der Waals surface area contributed by atoms with Gasteiger partial charge in [0.2, 0.25) is 0 Å². The average Bonchev–Trinajstić information content (AvgIpc) is 2.96. The highest BCUT2D eigenvalue weighted by molar-refractivity contribution is 5.89. The molecule has 0 spiro atoms. The molecule has 2 aromatic rings. The van der Waals surface area contributed by atoms with Crippen LogP contribution in [0.5, 0.6) is 5.75 Å². The largest absolute Gasteiger partial charge is 0.479 e. The van der Waals surface area contributed by atoms with Crippen LogP contribution in [0, 0.1) is 5.92 Å². The molecule has 2 aliphatic carbocycles. The lowest BCUT2D eigenvalue weighted by Crippen LogP contribution is -2.60. The molecule has 5 rings (SSSR count). The smallest absolute Gasteiger partial charge is 0.362 e. The maximum absolute atomic E-state index is 12.6. The van der Waals surface area contributed by atoms with Gasteiger partial charge in [0.1, 0.15) is 11.4 Å². The number of aliphatic hydroxyl groups is 2. The molecule has 220 valence electrons. The van der Waals surface area contributed by atoms with E-state index < -0.39 is 24.1 Å². The number of likely N-dealkylation sites (tertiary alicyclic amines) is 1. The number of esters is 1. The number of pyridine rings is 1. The number of hydrogen-bond acceptors (Lipinski definition) is 8. The summed E-state index contributed by atoms with van der Waals surface area (Å²) in [4.78, 5) is 38.9. The number of piperidine rings is 1. The SMILES string of the molecule is CC(C)=CCN1CC[C@]23CCCC[C@H]2[C@H]1Cc1ccc(OC(=O)c2ccccn2)cc13.O=C(O)[C@H](O)[C@@H](O)C(=O)O. The zero-order valence-corrected chi connectivity index (χ0v) is 23.4. The third-order valence-electron chi connectivity index (χ3n) is 8.55. The first-order valence-corrected chi connectivity index (χ1v) is 14.0. The molecule has 1 aromatic carbocycles. The molecule has 1 aliphatic heterocycles. The van der Waals surface area contributed by atoms with Crippen molar-refractivity contribution in [2.24, 2.45) is 5.92 Å². The van der Waals surface area contributed by atoms with Crippen molar-refractivity contribution in [1.29, 1.82) is 0 Å². The Kier molecular flexibility index (Phi) is 9.57. The van der Waals surface area contributed by atoms with Gasteiger partial charge in [-0.05, 0) is 87.4 Å². The number of allylic oxidation sites excluding steroid dienone is 1. The van der Waals surface area contributed by atoms with E-state index in [0.29, 0.717) is 23.4 Å². The monoisotopic (exact) mass is 566 g/mol. The highest BCUT2D eigenvalue weighted by atomic mass is 16.5. The van der Waals surface area contributed by atoms with Crippen molar-refractivity contribution in [3.8, 4) is 5.75 Å². The minimum Gasteiger partial charge on any atom is -0.479 e. The summed E-state index contributed by atoms with van der Waals surface area (Å²) < 4.78 is 5.75.